The number of carbonyl (C=O) groups excluding carboxylic acids is 3. The number of amides is 3. The zero-order chi connectivity index (χ0) is 70.0. The summed E-state index contributed by atoms with van der Waals surface area (Å²) >= 11 is 0. The lowest BCUT2D eigenvalue weighted by Crippen LogP contribution is -2.33. The molecule has 0 radical (unpaired) electrons. The first kappa shape index (κ1) is 80.1. The second kappa shape index (κ2) is 32.4. The van der Waals surface area contributed by atoms with Gasteiger partial charge in [0.15, 0.2) is 5.71 Å². The summed E-state index contributed by atoms with van der Waals surface area (Å²) in [7, 11) is -45.4. The third kappa shape index (κ3) is 23.8. The lowest BCUT2D eigenvalue weighted by molar-refractivity contribution is -0.437. The first-order valence-electron chi connectivity index (χ1n) is 28.8. The molecule has 1 fully saturated rings. The molecular formula is C50H80N5O30P6S2+. The molecule has 5 rings (SSSR count). The molecule has 526 valence electrons. The van der Waals surface area contributed by atoms with Gasteiger partial charge in [-0.3, -0.25) is 32.5 Å². The summed E-state index contributed by atoms with van der Waals surface area (Å²) in [5.74, 6) is -2.83. The van der Waals surface area contributed by atoms with E-state index in [2.05, 4.69) is 51.5 Å². The second-order valence-corrected chi connectivity index (χ2v) is 35.1. The number of hydrogen-bond acceptors (Lipinski definition) is 23. The molecule has 0 bridgehead atoms. The van der Waals surface area contributed by atoms with Gasteiger partial charge in [0.1, 0.15) is 12.6 Å². The standard InChI is InChI=1S/C50H79N5O30P6S2/c1-8-25-54-38-19-14-18-36(47(58)52-22-12-10-11-13-27-78-86(60,61)81-88(64,65)83-90(68,69)85-91(70,71)84-89(66,67)82-87(62,63)79-33-41-40(56)30-34(3)80-41)44(38)49(4,5)42(54)20-15-21-43-50(6,7)45-37(48(59)53-24-17-29-93(75,76)77)31-35(32-39(45)55(43)26-9-2)46(57)51-23-16-28-92(72,73)74/h14-15,18-21,31-32,34,40-41,56H,8-13,16-17,22-30,33H2,1-7H3,(H10-,51,52,53,57,58,59,60,61,62,63,64,65,66,67,68,69,70,71,72,73,74,75,76,77)/p+1/t34-,40+,41+/m0/s1. The molecule has 35 nitrogen and oxygen atoms in total. The van der Waals surface area contributed by atoms with Gasteiger partial charge in [-0.1, -0.05) is 52.7 Å². The van der Waals surface area contributed by atoms with Crippen molar-refractivity contribution < 1.29 is 142 Å². The number of anilines is 1. The topological polar surface area (TPSA) is 520 Å². The van der Waals surface area contributed by atoms with Crippen LogP contribution < -0.4 is 20.9 Å². The first-order chi connectivity index (χ1) is 42.8. The number of phosphoric acid groups is 6. The van der Waals surface area contributed by atoms with Crippen LogP contribution in [0.4, 0.5) is 11.4 Å². The molecule has 12 N–H and O–H groups in total. The van der Waals surface area contributed by atoms with E-state index >= 15 is 0 Å². The highest BCUT2D eigenvalue weighted by atomic mass is 32.2. The molecule has 43 heteroatoms. The van der Waals surface area contributed by atoms with E-state index in [1.54, 1.807) is 25.1 Å². The van der Waals surface area contributed by atoms with Crippen LogP contribution in [0.1, 0.15) is 148 Å². The molecule has 9 atom stereocenters. The van der Waals surface area contributed by atoms with E-state index in [1.807, 2.05) is 70.4 Å². The van der Waals surface area contributed by atoms with E-state index in [-0.39, 0.29) is 68.8 Å². The Bertz CT molecular complexity index is 3730. The van der Waals surface area contributed by atoms with Gasteiger partial charge in [-0.25, -0.2) is 27.4 Å². The van der Waals surface area contributed by atoms with E-state index in [9.17, 15) is 102 Å². The van der Waals surface area contributed by atoms with Gasteiger partial charge in [0.25, 0.3) is 38.0 Å². The average Bonchev–Trinajstić information content (AvgIpc) is 1.59. The van der Waals surface area contributed by atoms with Crippen LogP contribution in [0.2, 0.25) is 0 Å². The highest BCUT2D eigenvalue weighted by molar-refractivity contribution is 7.86. The monoisotopic (exact) mass is 1480 g/mol. The lowest BCUT2D eigenvalue weighted by Gasteiger charge is -2.27. The Balaban J connectivity index is 1.19. The highest BCUT2D eigenvalue weighted by Gasteiger charge is 2.51. The van der Waals surface area contributed by atoms with Crippen molar-refractivity contribution in [3.8, 4) is 0 Å². The van der Waals surface area contributed by atoms with Gasteiger partial charge in [-0.2, -0.15) is 43.0 Å². The summed E-state index contributed by atoms with van der Waals surface area (Å²) in [4.78, 5) is 103. The molecule has 3 amide bonds. The number of hydrogen-bond donors (Lipinski definition) is 12. The maximum atomic E-state index is 14.1. The number of benzene rings is 2. The van der Waals surface area contributed by atoms with Crippen LogP contribution in [0.3, 0.4) is 0 Å². The summed E-state index contributed by atoms with van der Waals surface area (Å²) < 4.78 is 173. The van der Waals surface area contributed by atoms with E-state index in [1.165, 1.54) is 6.07 Å². The fourth-order valence-corrected chi connectivity index (χ4v) is 19.4. The number of aliphatic hydroxyl groups excluding tert-OH is 1. The fourth-order valence-electron chi connectivity index (χ4n) is 10.5. The quantitative estimate of drug-likeness (QED) is 0.0144. The molecular weight excluding hydrogens is 1400 g/mol. The van der Waals surface area contributed by atoms with Crippen LogP contribution in [0.25, 0.3) is 0 Å². The molecule has 0 aromatic heterocycles. The summed E-state index contributed by atoms with van der Waals surface area (Å²) in [5.41, 5.74) is 3.17. The van der Waals surface area contributed by atoms with E-state index in [4.69, 9.17) is 4.74 Å². The van der Waals surface area contributed by atoms with Gasteiger partial charge in [-0.05, 0) is 77.2 Å². The highest BCUT2D eigenvalue weighted by Crippen LogP contribution is 2.75. The third-order valence-corrected chi connectivity index (χ3v) is 25.0. The first-order valence-corrected chi connectivity index (χ1v) is 41.0. The SMILES string of the molecule is CCCN1/C(=C/C=C/C2=[N+](CCC)c3cc(C(=O)NCCCS(=O)(=O)O)cc(C(=O)NCCCS(=O)(=O)O)c3C2(C)C)C(C)(C)c2c(C(=O)NCCCCCCOP(=O)(O)OP(=O)(O)OP(=O)(O)OP(=O)(O)OP(=O)(O)OP(=O)(O)OC[C@H]3O[C@@H](C)C[C@H]3O)cccc21. The summed E-state index contributed by atoms with van der Waals surface area (Å²) in [6.07, 6.45) is 5.12. The van der Waals surface area contributed by atoms with Crippen molar-refractivity contribution in [3.05, 3.63) is 82.1 Å². The van der Waals surface area contributed by atoms with Crippen LogP contribution >= 0.6 is 46.9 Å². The number of aliphatic hydroxyl groups is 1. The zero-order valence-electron chi connectivity index (χ0n) is 51.6. The number of unbranched alkanes of at least 4 members (excludes halogenated alkanes) is 3. The molecule has 2 aromatic carbocycles. The summed E-state index contributed by atoms with van der Waals surface area (Å²) in [6, 6.07) is 8.41. The van der Waals surface area contributed by atoms with Gasteiger partial charge in [0.2, 0.25) is 5.69 Å². The molecule has 3 heterocycles. The third-order valence-electron chi connectivity index (χ3n) is 14.2. The predicted octanol–water partition coefficient (Wildman–Crippen LogP) is 6.68. The number of fused-ring (bicyclic) bond motifs is 2. The van der Waals surface area contributed by atoms with Crippen molar-refractivity contribution in [2.75, 3.05) is 62.3 Å². The van der Waals surface area contributed by atoms with Gasteiger partial charge < -0.3 is 60.1 Å². The second-order valence-electron chi connectivity index (χ2n) is 22.6. The number of phosphoric ester groups is 2. The van der Waals surface area contributed by atoms with E-state index in [0.29, 0.717) is 49.2 Å². The fraction of sp³-hybridized carbons (Fsp3) is 0.600. The minimum atomic E-state index is -6.47. The zero-order valence-corrected chi connectivity index (χ0v) is 58.6. The number of rotatable bonds is 38. The van der Waals surface area contributed by atoms with Crippen LogP contribution in [-0.4, -0.2) is 164 Å². The van der Waals surface area contributed by atoms with Crippen molar-refractivity contribution >= 4 is 102 Å². The molecule has 1 saturated heterocycles. The Labute approximate surface area is 537 Å². The van der Waals surface area contributed by atoms with Crippen molar-refractivity contribution in [2.45, 2.75) is 135 Å². The number of ether oxygens (including phenoxy) is 1. The Kier molecular flexibility index (Phi) is 27.9. The van der Waals surface area contributed by atoms with Crippen molar-refractivity contribution in [1.29, 1.82) is 0 Å². The molecule has 3 aliphatic rings. The normalized spacial score (nSPS) is 22.3. The minimum Gasteiger partial charge on any atom is -0.390 e. The van der Waals surface area contributed by atoms with E-state index < -0.39 is 133 Å². The largest absolute Gasteiger partial charge is 0.490 e. The molecule has 0 saturated carbocycles. The molecule has 2 aromatic rings. The Morgan fingerprint density at radius 3 is 1.69 bits per heavy atom. The molecule has 0 aliphatic carbocycles. The Morgan fingerprint density at radius 2 is 1.17 bits per heavy atom. The number of allylic oxidation sites excluding steroid dienone is 4. The van der Waals surface area contributed by atoms with Crippen molar-refractivity contribution in [1.82, 2.24) is 16.0 Å². The smallest absolute Gasteiger partial charge is 0.390 e. The van der Waals surface area contributed by atoms with Crippen LogP contribution in [0, 0.1) is 0 Å². The molecule has 93 heavy (non-hydrogen) atoms. The van der Waals surface area contributed by atoms with Crippen molar-refractivity contribution in [2.24, 2.45) is 0 Å². The van der Waals surface area contributed by atoms with Gasteiger partial charge >= 0.3 is 46.9 Å². The van der Waals surface area contributed by atoms with Crippen LogP contribution in [0.15, 0.2) is 54.3 Å². The van der Waals surface area contributed by atoms with Crippen LogP contribution in [-0.2, 0) is 93.8 Å². The van der Waals surface area contributed by atoms with Gasteiger partial charge in [-0.15, -0.1) is 0 Å². The Hall–Kier alpha value is -3.60. The lowest BCUT2D eigenvalue weighted by atomic mass is 9.78. The molecule has 6 unspecified atom stereocenters. The number of nitrogens with one attached hydrogen (secondary N) is 3. The van der Waals surface area contributed by atoms with Crippen molar-refractivity contribution in [3.63, 3.8) is 0 Å². The summed E-state index contributed by atoms with van der Waals surface area (Å²) in [6.45, 7) is 12.7. The number of carbonyl (C=O) groups is 3. The predicted molar refractivity (Wildman–Crippen MR) is 333 cm³/mol. The number of nitrogens with zero attached hydrogens (tertiary/aromatic N) is 2. The minimum absolute atomic E-state index is 0.000909. The average molecular weight is 1480 g/mol. The molecule has 0 spiro atoms. The summed E-state index contributed by atoms with van der Waals surface area (Å²) in [5, 5.41) is 18.1. The van der Waals surface area contributed by atoms with Gasteiger partial charge in [0, 0.05) is 84.7 Å². The van der Waals surface area contributed by atoms with Crippen LogP contribution in [0.5, 0.6) is 0 Å². The molecule has 3 aliphatic heterocycles. The Morgan fingerprint density at radius 1 is 0.667 bits per heavy atom. The van der Waals surface area contributed by atoms with Gasteiger partial charge in [0.05, 0.1) is 53.5 Å². The maximum absolute atomic E-state index is 14.1. The maximum Gasteiger partial charge on any atom is 0.490 e. The van der Waals surface area contributed by atoms with E-state index in [0.717, 1.165) is 29.1 Å².